The fraction of sp³-hybridized carbons (Fsp3) is 0.444. The predicted molar refractivity (Wildman–Crippen MR) is 55.9 cm³/mol. The highest BCUT2D eigenvalue weighted by atomic mass is 16.6. The van der Waals surface area contributed by atoms with Crippen molar-refractivity contribution < 1.29 is 9.66 Å². The second kappa shape index (κ2) is 5.92. The van der Waals surface area contributed by atoms with Crippen LogP contribution in [0.2, 0.25) is 0 Å². The minimum atomic E-state index is -0.511. The molecule has 82 valence electrons. The Hall–Kier alpha value is -1.69. The molecule has 1 aromatic heterocycles. The summed E-state index contributed by atoms with van der Waals surface area (Å²) in [6, 6.07) is 3.27. The van der Waals surface area contributed by atoms with Gasteiger partial charge in [0.05, 0.1) is 6.61 Å². The van der Waals surface area contributed by atoms with Crippen LogP contribution >= 0.6 is 0 Å². The highest BCUT2D eigenvalue weighted by molar-refractivity contribution is 5.56. The highest BCUT2D eigenvalue weighted by Gasteiger charge is 2.12. The Kier molecular flexibility index (Phi) is 4.49. The van der Waals surface area contributed by atoms with E-state index in [4.69, 9.17) is 4.74 Å². The van der Waals surface area contributed by atoms with E-state index in [1.807, 2.05) is 6.92 Å². The predicted octanol–water partition coefficient (Wildman–Crippen LogP) is 1.44. The van der Waals surface area contributed by atoms with Crippen molar-refractivity contribution in [1.82, 2.24) is 4.98 Å². The monoisotopic (exact) mass is 211 g/mol. The number of aromatic nitrogens is 1. The second-order valence-electron chi connectivity index (χ2n) is 2.76. The van der Waals surface area contributed by atoms with E-state index in [-0.39, 0.29) is 5.82 Å². The molecule has 0 spiro atoms. The molecule has 0 saturated carbocycles. The summed E-state index contributed by atoms with van der Waals surface area (Å²) in [7, 11) is 0. The molecule has 0 amide bonds. The van der Waals surface area contributed by atoms with Crippen molar-refractivity contribution in [2.75, 3.05) is 25.1 Å². The van der Waals surface area contributed by atoms with Crippen LogP contribution in [0.1, 0.15) is 6.92 Å². The van der Waals surface area contributed by atoms with Crippen molar-refractivity contribution >= 4 is 11.5 Å². The van der Waals surface area contributed by atoms with E-state index >= 15 is 0 Å². The van der Waals surface area contributed by atoms with Gasteiger partial charge >= 0.3 is 5.82 Å². The van der Waals surface area contributed by atoms with Gasteiger partial charge in [-0.15, -0.1) is 0 Å². The molecule has 0 radical (unpaired) electrons. The molecule has 0 atom stereocenters. The van der Waals surface area contributed by atoms with Gasteiger partial charge in [-0.2, -0.15) is 0 Å². The number of nitro groups is 1. The molecule has 0 aliphatic carbocycles. The second-order valence-corrected chi connectivity index (χ2v) is 2.76. The van der Waals surface area contributed by atoms with Crippen molar-refractivity contribution in [3.05, 3.63) is 28.4 Å². The van der Waals surface area contributed by atoms with Gasteiger partial charge in [0, 0.05) is 13.2 Å². The van der Waals surface area contributed by atoms with Crippen molar-refractivity contribution in [2.24, 2.45) is 0 Å². The number of hydrogen-bond acceptors (Lipinski definition) is 5. The topological polar surface area (TPSA) is 77.3 Å². The number of hydrogen-bond donors (Lipinski definition) is 1. The molecule has 0 unspecified atom stereocenters. The molecule has 0 bridgehead atoms. The Morgan fingerprint density at radius 2 is 2.47 bits per heavy atom. The van der Waals surface area contributed by atoms with Crippen molar-refractivity contribution in [2.45, 2.75) is 6.92 Å². The Labute approximate surface area is 87.4 Å². The SMILES string of the molecule is CCOCCNc1cccnc1[N+](=O)[O-]. The molecule has 1 aromatic rings. The summed E-state index contributed by atoms with van der Waals surface area (Å²) >= 11 is 0. The highest BCUT2D eigenvalue weighted by Crippen LogP contribution is 2.19. The van der Waals surface area contributed by atoms with Crippen LogP contribution in [0.3, 0.4) is 0 Å². The lowest BCUT2D eigenvalue weighted by Gasteiger charge is -2.05. The van der Waals surface area contributed by atoms with Crippen LogP contribution in [0.4, 0.5) is 11.5 Å². The minimum absolute atomic E-state index is 0.158. The van der Waals surface area contributed by atoms with Gasteiger partial charge in [0.2, 0.25) is 0 Å². The molecule has 0 aliphatic rings. The number of anilines is 1. The van der Waals surface area contributed by atoms with Crippen molar-refractivity contribution in [3.63, 3.8) is 0 Å². The standard InChI is InChI=1S/C9H13N3O3/c1-2-15-7-6-10-8-4-3-5-11-9(8)12(13)14/h3-5,10H,2,6-7H2,1H3. The summed E-state index contributed by atoms with van der Waals surface area (Å²) in [5.41, 5.74) is 0.419. The maximum Gasteiger partial charge on any atom is 0.386 e. The van der Waals surface area contributed by atoms with Gasteiger partial charge in [0.15, 0.2) is 0 Å². The van der Waals surface area contributed by atoms with Crippen molar-refractivity contribution in [1.29, 1.82) is 0 Å². The Balaban J connectivity index is 2.56. The van der Waals surface area contributed by atoms with Gasteiger partial charge in [0.1, 0.15) is 11.9 Å². The smallest absolute Gasteiger partial charge is 0.380 e. The Bertz CT molecular complexity index is 330. The van der Waals surface area contributed by atoms with E-state index in [0.29, 0.717) is 25.4 Å². The largest absolute Gasteiger partial charge is 0.386 e. The summed E-state index contributed by atoms with van der Waals surface area (Å²) in [6.45, 7) is 3.58. The van der Waals surface area contributed by atoms with Crippen LogP contribution in [-0.4, -0.2) is 29.7 Å². The average Bonchev–Trinajstić information content (AvgIpc) is 2.25. The van der Waals surface area contributed by atoms with E-state index in [0.717, 1.165) is 0 Å². The van der Waals surface area contributed by atoms with Crippen LogP contribution in [0.15, 0.2) is 18.3 Å². The Morgan fingerprint density at radius 3 is 3.13 bits per heavy atom. The van der Waals surface area contributed by atoms with Gasteiger partial charge in [-0.1, -0.05) is 0 Å². The zero-order valence-corrected chi connectivity index (χ0v) is 8.47. The molecule has 1 rings (SSSR count). The summed E-state index contributed by atoms with van der Waals surface area (Å²) in [5.74, 6) is -0.158. The van der Waals surface area contributed by atoms with Gasteiger partial charge in [0.25, 0.3) is 0 Å². The molecule has 0 saturated heterocycles. The molecule has 0 aliphatic heterocycles. The first kappa shape index (κ1) is 11.4. The van der Waals surface area contributed by atoms with E-state index in [1.165, 1.54) is 6.20 Å². The molecule has 0 fully saturated rings. The van der Waals surface area contributed by atoms with E-state index in [9.17, 15) is 10.1 Å². The first-order valence-electron chi connectivity index (χ1n) is 4.66. The molecular weight excluding hydrogens is 198 g/mol. The number of nitrogens with one attached hydrogen (secondary N) is 1. The lowest BCUT2D eigenvalue weighted by molar-refractivity contribution is -0.388. The van der Waals surface area contributed by atoms with Gasteiger partial charge in [-0.05, 0) is 29.0 Å². The zero-order chi connectivity index (χ0) is 11.1. The summed E-state index contributed by atoms with van der Waals surface area (Å²) in [4.78, 5) is 13.7. The third-order valence-corrected chi connectivity index (χ3v) is 1.73. The molecule has 1 N–H and O–H groups in total. The maximum atomic E-state index is 10.6. The number of ether oxygens (including phenoxy) is 1. The molecule has 15 heavy (non-hydrogen) atoms. The van der Waals surface area contributed by atoms with Gasteiger partial charge in [-0.25, -0.2) is 0 Å². The number of rotatable bonds is 6. The zero-order valence-electron chi connectivity index (χ0n) is 8.47. The summed E-state index contributed by atoms with van der Waals surface area (Å²) in [6.07, 6.45) is 1.39. The molecule has 1 heterocycles. The summed E-state index contributed by atoms with van der Waals surface area (Å²) < 4.78 is 5.10. The third-order valence-electron chi connectivity index (χ3n) is 1.73. The van der Waals surface area contributed by atoms with Crippen LogP contribution in [0.5, 0.6) is 0 Å². The summed E-state index contributed by atoms with van der Waals surface area (Å²) in [5, 5.41) is 13.5. The number of pyridine rings is 1. The van der Waals surface area contributed by atoms with E-state index in [2.05, 4.69) is 10.3 Å². The quantitative estimate of drug-likeness (QED) is 0.437. The van der Waals surface area contributed by atoms with Crippen LogP contribution in [0.25, 0.3) is 0 Å². The normalized spacial score (nSPS) is 9.93. The van der Waals surface area contributed by atoms with Gasteiger partial charge in [-0.3, -0.25) is 0 Å². The fourth-order valence-electron chi connectivity index (χ4n) is 1.08. The molecular formula is C9H13N3O3. The molecule has 0 aromatic carbocycles. The van der Waals surface area contributed by atoms with E-state index in [1.54, 1.807) is 12.1 Å². The van der Waals surface area contributed by atoms with Crippen LogP contribution in [-0.2, 0) is 4.74 Å². The van der Waals surface area contributed by atoms with E-state index < -0.39 is 4.92 Å². The number of nitrogens with zero attached hydrogens (tertiary/aromatic N) is 2. The van der Waals surface area contributed by atoms with Crippen LogP contribution < -0.4 is 5.32 Å². The first-order valence-corrected chi connectivity index (χ1v) is 4.66. The Morgan fingerprint density at radius 1 is 1.67 bits per heavy atom. The first-order chi connectivity index (χ1) is 7.25. The van der Waals surface area contributed by atoms with Crippen molar-refractivity contribution in [3.8, 4) is 0 Å². The fourth-order valence-corrected chi connectivity index (χ4v) is 1.08. The molecule has 6 nitrogen and oxygen atoms in total. The van der Waals surface area contributed by atoms with Crippen LogP contribution in [0, 0.1) is 10.1 Å². The lowest BCUT2D eigenvalue weighted by Crippen LogP contribution is -2.10. The molecule has 6 heteroatoms. The minimum Gasteiger partial charge on any atom is -0.380 e. The maximum absolute atomic E-state index is 10.6. The lowest BCUT2D eigenvalue weighted by atomic mass is 10.4. The average molecular weight is 211 g/mol. The van der Waals surface area contributed by atoms with Gasteiger partial charge < -0.3 is 20.2 Å². The third kappa shape index (κ3) is 3.51.